The number of imidazole rings is 1. The molecule has 0 aliphatic rings. The van der Waals surface area contributed by atoms with Gasteiger partial charge in [-0.1, -0.05) is 60.9 Å². The van der Waals surface area contributed by atoms with Crippen LogP contribution in [0.2, 0.25) is 10.0 Å². The Morgan fingerprint density at radius 1 is 0.974 bits per heavy atom. The molecule has 0 amide bonds. The Hall–Kier alpha value is -3.07. The van der Waals surface area contributed by atoms with Crippen LogP contribution in [0, 0.1) is 11.6 Å². The molecule has 0 fully saturated rings. The molecule has 1 aromatic heterocycles. The van der Waals surface area contributed by atoms with Gasteiger partial charge >= 0.3 is 5.97 Å². The molecule has 0 unspecified atom stereocenters. The van der Waals surface area contributed by atoms with Crippen LogP contribution in [0.3, 0.4) is 0 Å². The Bertz CT molecular complexity index is 1520. The third-order valence-corrected chi connectivity index (χ3v) is 8.10. The van der Waals surface area contributed by atoms with Crippen molar-refractivity contribution in [3.63, 3.8) is 0 Å². The van der Waals surface area contributed by atoms with Crippen LogP contribution in [0.15, 0.2) is 72.0 Å². The molecule has 4 aromatic rings. The maximum Gasteiger partial charge on any atom is 0.347 e. The summed E-state index contributed by atoms with van der Waals surface area (Å²) in [4.78, 5) is 16.3. The number of aromatic nitrogens is 2. The maximum atomic E-state index is 14.1. The predicted molar refractivity (Wildman–Crippen MR) is 150 cm³/mol. The zero-order chi connectivity index (χ0) is 28.5. The van der Waals surface area contributed by atoms with Gasteiger partial charge < -0.3 is 9.84 Å². The number of carbonyl (C=O) groups is 1. The first-order valence-corrected chi connectivity index (χ1v) is 13.7. The van der Waals surface area contributed by atoms with Crippen LogP contribution < -0.4 is 4.74 Å². The van der Waals surface area contributed by atoms with Gasteiger partial charge in [-0.05, 0) is 61.9 Å². The number of carboxylic acid groups (broad SMARTS) is 1. The van der Waals surface area contributed by atoms with Crippen LogP contribution in [-0.2, 0) is 16.0 Å². The summed E-state index contributed by atoms with van der Waals surface area (Å²) in [5, 5.41) is 10.9. The van der Waals surface area contributed by atoms with Crippen LogP contribution in [0.25, 0.3) is 5.69 Å². The minimum atomic E-state index is -1.56. The zero-order valence-corrected chi connectivity index (χ0v) is 24.0. The van der Waals surface area contributed by atoms with Crippen LogP contribution >= 0.6 is 35.0 Å². The largest absolute Gasteiger partial charge is 0.478 e. The second-order valence-corrected chi connectivity index (χ2v) is 11.7. The van der Waals surface area contributed by atoms with Crippen molar-refractivity contribution in [2.24, 2.45) is 0 Å². The molecule has 0 saturated heterocycles. The molecule has 0 bridgehead atoms. The van der Waals surface area contributed by atoms with Crippen LogP contribution in [-0.4, -0.2) is 26.2 Å². The summed E-state index contributed by atoms with van der Waals surface area (Å²) in [6.45, 7) is 6.85. The van der Waals surface area contributed by atoms with Gasteiger partial charge in [-0.3, -0.25) is 4.57 Å². The van der Waals surface area contributed by atoms with Crippen molar-refractivity contribution >= 4 is 40.9 Å². The van der Waals surface area contributed by atoms with Crippen molar-refractivity contribution in [3.8, 4) is 11.4 Å². The van der Waals surface area contributed by atoms with E-state index in [2.05, 4.69) is 4.98 Å². The number of carboxylic acids is 1. The van der Waals surface area contributed by atoms with Crippen LogP contribution in [0.4, 0.5) is 8.78 Å². The molecule has 0 aliphatic carbocycles. The third kappa shape index (κ3) is 6.24. The van der Waals surface area contributed by atoms with E-state index < -0.39 is 22.8 Å². The number of ether oxygens (including phenoxy) is 1. The first kappa shape index (κ1) is 28.9. The summed E-state index contributed by atoms with van der Waals surface area (Å²) in [7, 11) is 0. The Kier molecular flexibility index (Phi) is 8.30. The lowest BCUT2D eigenvalue weighted by molar-refractivity contribution is -0.152. The molecule has 39 heavy (non-hydrogen) atoms. The van der Waals surface area contributed by atoms with Crippen LogP contribution in [0.5, 0.6) is 5.75 Å². The average molecular weight is 592 g/mol. The maximum absolute atomic E-state index is 14.1. The van der Waals surface area contributed by atoms with Gasteiger partial charge in [0.15, 0.2) is 10.8 Å². The number of hydrogen-bond acceptors (Lipinski definition) is 4. The summed E-state index contributed by atoms with van der Waals surface area (Å²) >= 11 is 13.8. The molecule has 3 aromatic carbocycles. The van der Waals surface area contributed by atoms with Gasteiger partial charge in [0, 0.05) is 28.5 Å². The Balaban J connectivity index is 1.75. The average Bonchev–Trinajstić information content (AvgIpc) is 3.30. The van der Waals surface area contributed by atoms with Crippen molar-refractivity contribution in [2.75, 3.05) is 0 Å². The summed E-state index contributed by atoms with van der Waals surface area (Å²) in [5.41, 5.74) is 0.872. The van der Waals surface area contributed by atoms with Gasteiger partial charge in [0.25, 0.3) is 0 Å². The van der Waals surface area contributed by atoms with E-state index in [1.807, 2.05) is 30.5 Å². The molecule has 1 N–H and O–H groups in total. The molecule has 0 aliphatic heterocycles. The molecule has 4 rings (SSSR count). The van der Waals surface area contributed by atoms with Gasteiger partial charge in [-0.25, -0.2) is 18.6 Å². The summed E-state index contributed by atoms with van der Waals surface area (Å²) < 4.78 is 35.5. The Morgan fingerprint density at radius 2 is 1.64 bits per heavy atom. The van der Waals surface area contributed by atoms with E-state index in [9.17, 15) is 18.7 Å². The quantitative estimate of drug-likeness (QED) is 0.198. The predicted octanol–water partition coefficient (Wildman–Crippen LogP) is 8.32. The highest BCUT2D eigenvalue weighted by molar-refractivity contribution is 7.98. The van der Waals surface area contributed by atoms with E-state index in [4.69, 9.17) is 27.9 Å². The van der Waals surface area contributed by atoms with Crippen molar-refractivity contribution in [3.05, 3.63) is 105 Å². The molecule has 5 nitrogen and oxygen atoms in total. The number of rotatable bonds is 9. The fourth-order valence-corrected chi connectivity index (χ4v) is 5.23. The van der Waals surface area contributed by atoms with Gasteiger partial charge in [0.05, 0.1) is 21.9 Å². The van der Waals surface area contributed by atoms with Gasteiger partial charge in [-0.15, -0.1) is 0 Å². The Labute approximate surface area is 239 Å². The normalized spacial score (nSPS) is 12.0. The van der Waals surface area contributed by atoms with Crippen molar-refractivity contribution in [2.45, 2.75) is 49.6 Å². The summed E-state index contributed by atoms with van der Waals surface area (Å²) in [6, 6.07) is 15.5. The third-order valence-electron chi connectivity index (χ3n) is 6.36. The summed E-state index contributed by atoms with van der Waals surface area (Å²) in [5.74, 6) is -1.65. The zero-order valence-electron chi connectivity index (χ0n) is 21.6. The molecule has 10 heteroatoms. The lowest BCUT2D eigenvalue weighted by atomic mass is 9.81. The van der Waals surface area contributed by atoms with Crippen molar-refractivity contribution in [1.82, 2.24) is 9.55 Å². The highest BCUT2D eigenvalue weighted by atomic mass is 35.5. The minimum absolute atomic E-state index is 0.131. The molecule has 0 atom stereocenters. The molecule has 0 saturated carbocycles. The Morgan fingerprint density at radius 3 is 2.28 bits per heavy atom. The number of thioether (sulfide) groups is 1. The number of hydrogen-bond donors (Lipinski definition) is 1. The molecule has 1 heterocycles. The van der Waals surface area contributed by atoms with E-state index in [1.54, 1.807) is 30.5 Å². The molecular weight excluding hydrogens is 565 g/mol. The fraction of sp³-hybridized carbons (Fsp3) is 0.241. The molecular formula is C29H26Cl2F2N2O3S. The second kappa shape index (κ2) is 11.2. The summed E-state index contributed by atoms with van der Waals surface area (Å²) in [6.07, 6.45) is 1.75. The topological polar surface area (TPSA) is 64.4 Å². The number of nitrogens with zero attached hydrogens (tertiary/aromatic N) is 2. The smallest absolute Gasteiger partial charge is 0.347 e. The molecule has 0 radical (unpaired) electrons. The fourth-order valence-electron chi connectivity index (χ4n) is 3.95. The molecule has 204 valence electrons. The van der Waals surface area contributed by atoms with E-state index >= 15 is 0 Å². The van der Waals surface area contributed by atoms with Crippen molar-refractivity contribution in [1.29, 1.82) is 0 Å². The van der Waals surface area contributed by atoms with Gasteiger partial charge in [0.2, 0.25) is 0 Å². The molecule has 0 spiro atoms. The van der Waals surface area contributed by atoms with E-state index in [0.29, 0.717) is 32.2 Å². The SMILES string of the molecule is CC(C)(Oc1cc(F)ccc1CSc1ncc(C(C)(C)c2ccc(Cl)c(Cl)c2)n1-c1ccc(F)cc1)C(=O)O. The van der Waals surface area contributed by atoms with E-state index in [0.717, 1.165) is 11.3 Å². The standard InChI is InChI=1S/C29H26Cl2F2N2O3S/c1-28(2,18-6-12-22(30)23(31)13-18)25-15-34-27(35(25)21-10-8-19(32)9-11-21)39-16-17-5-7-20(33)14-24(17)38-29(3,4)26(36)37/h5-15H,16H2,1-4H3,(H,36,37). The minimum Gasteiger partial charge on any atom is -0.478 e. The monoisotopic (exact) mass is 590 g/mol. The van der Waals surface area contributed by atoms with Crippen LogP contribution in [0.1, 0.15) is 44.5 Å². The highest BCUT2D eigenvalue weighted by Gasteiger charge is 2.32. The number of aliphatic carboxylic acids is 1. The highest BCUT2D eigenvalue weighted by Crippen LogP contribution is 2.39. The van der Waals surface area contributed by atoms with Crippen molar-refractivity contribution < 1.29 is 23.4 Å². The lowest BCUT2D eigenvalue weighted by Crippen LogP contribution is -2.38. The number of halogens is 4. The second-order valence-electron chi connectivity index (χ2n) is 9.95. The number of benzene rings is 3. The van der Waals surface area contributed by atoms with Gasteiger partial charge in [0.1, 0.15) is 17.4 Å². The van der Waals surface area contributed by atoms with E-state index in [1.165, 1.54) is 49.9 Å². The first-order chi connectivity index (χ1) is 18.3. The van der Waals surface area contributed by atoms with E-state index in [-0.39, 0.29) is 11.6 Å². The first-order valence-electron chi connectivity index (χ1n) is 11.9. The lowest BCUT2D eigenvalue weighted by Gasteiger charge is -2.28. The van der Waals surface area contributed by atoms with Gasteiger partial charge in [-0.2, -0.15) is 0 Å².